The van der Waals surface area contributed by atoms with Crippen LogP contribution in [0, 0.1) is 0 Å². The summed E-state index contributed by atoms with van der Waals surface area (Å²) in [6.07, 6.45) is 0. The number of fused-ring (bicyclic) bond motifs is 1. The molecule has 0 unspecified atom stereocenters. The molecule has 5 nitrogen and oxygen atoms in total. The van der Waals surface area contributed by atoms with Crippen molar-refractivity contribution in [2.75, 3.05) is 11.9 Å². The molecule has 0 aliphatic carbocycles. The maximum atomic E-state index is 12.1. The number of nitrogens with one attached hydrogen (secondary N) is 2. The van der Waals surface area contributed by atoms with E-state index >= 15 is 0 Å². The molecular formula is C19H22N4O. The second kappa shape index (κ2) is 7.27. The highest BCUT2D eigenvalue weighted by atomic mass is 16.1. The van der Waals surface area contributed by atoms with Crippen molar-refractivity contribution >= 4 is 22.6 Å². The summed E-state index contributed by atoms with van der Waals surface area (Å²) in [4.78, 5) is 16.8. The molecule has 124 valence electrons. The van der Waals surface area contributed by atoms with Gasteiger partial charge in [-0.1, -0.05) is 30.3 Å². The minimum Gasteiger partial charge on any atom is -0.327 e. The van der Waals surface area contributed by atoms with Crippen molar-refractivity contribution in [3.8, 4) is 0 Å². The van der Waals surface area contributed by atoms with Crippen molar-refractivity contribution in [3.63, 3.8) is 0 Å². The summed E-state index contributed by atoms with van der Waals surface area (Å²) in [7, 11) is 0. The van der Waals surface area contributed by atoms with E-state index in [9.17, 15) is 4.79 Å². The lowest BCUT2D eigenvalue weighted by atomic mass is 10.3. The molecule has 0 spiro atoms. The standard InChI is InChI=1S/C19H22N4O/c1-3-23-17-12-8-7-11-16(17)22-19(23)14(2)20-13-18(24)21-15-9-5-4-6-10-15/h4-12,14,20H,3,13H2,1-2H3,(H,21,24)/t14-/m0/s1. The normalized spacial score (nSPS) is 12.2. The van der Waals surface area contributed by atoms with Crippen LogP contribution in [-0.2, 0) is 11.3 Å². The van der Waals surface area contributed by atoms with E-state index in [1.165, 1.54) is 0 Å². The molecule has 0 radical (unpaired) electrons. The number of carbonyl (C=O) groups excluding carboxylic acids is 1. The van der Waals surface area contributed by atoms with Crippen LogP contribution in [0.1, 0.15) is 25.7 Å². The molecule has 0 aliphatic rings. The van der Waals surface area contributed by atoms with Gasteiger partial charge < -0.3 is 9.88 Å². The zero-order valence-corrected chi connectivity index (χ0v) is 14.0. The van der Waals surface area contributed by atoms with Gasteiger partial charge in [0.25, 0.3) is 0 Å². The molecule has 2 N–H and O–H groups in total. The van der Waals surface area contributed by atoms with Crippen LogP contribution in [0.25, 0.3) is 11.0 Å². The molecule has 1 aromatic heterocycles. The van der Waals surface area contributed by atoms with E-state index in [1.807, 2.05) is 55.5 Å². The van der Waals surface area contributed by atoms with Crippen LogP contribution in [-0.4, -0.2) is 22.0 Å². The number of hydrogen-bond acceptors (Lipinski definition) is 3. The number of para-hydroxylation sites is 3. The molecular weight excluding hydrogens is 300 g/mol. The highest BCUT2D eigenvalue weighted by molar-refractivity contribution is 5.92. The summed E-state index contributed by atoms with van der Waals surface area (Å²) in [5.41, 5.74) is 2.91. The second-order valence-corrected chi connectivity index (χ2v) is 5.72. The molecule has 0 saturated heterocycles. The van der Waals surface area contributed by atoms with Gasteiger partial charge in [-0.3, -0.25) is 10.1 Å². The molecule has 1 amide bonds. The Hall–Kier alpha value is -2.66. The Morgan fingerprint density at radius 3 is 2.58 bits per heavy atom. The number of aryl methyl sites for hydroxylation is 1. The first-order valence-electron chi connectivity index (χ1n) is 8.22. The van der Waals surface area contributed by atoms with E-state index in [2.05, 4.69) is 28.2 Å². The zero-order chi connectivity index (χ0) is 16.9. The predicted molar refractivity (Wildman–Crippen MR) is 96.9 cm³/mol. The van der Waals surface area contributed by atoms with Crippen molar-refractivity contribution in [3.05, 3.63) is 60.4 Å². The lowest BCUT2D eigenvalue weighted by Gasteiger charge is -2.15. The number of benzene rings is 2. The number of hydrogen-bond donors (Lipinski definition) is 2. The quantitative estimate of drug-likeness (QED) is 0.732. The molecule has 0 saturated carbocycles. The van der Waals surface area contributed by atoms with Crippen LogP contribution in [0.5, 0.6) is 0 Å². The van der Waals surface area contributed by atoms with Gasteiger partial charge >= 0.3 is 0 Å². The van der Waals surface area contributed by atoms with E-state index < -0.39 is 0 Å². The summed E-state index contributed by atoms with van der Waals surface area (Å²) < 4.78 is 2.18. The monoisotopic (exact) mass is 322 g/mol. The third-order valence-electron chi connectivity index (χ3n) is 4.01. The average molecular weight is 322 g/mol. The predicted octanol–water partition coefficient (Wildman–Crippen LogP) is 3.35. The Bertz CT molecular complexity index is 826. The van der Waals surface area contributed by atoms with Crippen LogP contribution < -0.4 is 10.6 Å². The van der Waals surface area contributed by atoms with E-state index in [0.29, 0.717) is 0 Å². The topological polar surface area (TPSA) is 59.0 Å². The first-order chi connectivity index (χ1) is 11.7. The summed E-state index contributed by atoms with van der Waals surface area (Å²) in [5, 5.41) is 6.13. The number of aromatic nitrogens is 2. The van der Waals surface area contributed by atoms with Gasteiger partial charge in [-0.15, -0.1) is 0 Å². The molecule has 3 rings (SSSR count). The van der Waals surface area contributed by atoms with E-state index in [-0.39, 0.29) is 18.5 Å². The summed E-state index contributed by atoms with van der Waals surface area (Å²) in [5.74, 6) is 0.887. The molecule has 2 aromatic carbocycles. The van der Waals surface area contributed by atoms with Gasteiger partial charge in [0.05, 0.1) is 23.6 Å². The highest BCUT2D eigenvalue weighted by Gasteiger charge is 2.16. The van der Waals surface area contributed by atoms with E-state index in [0.717, 1.165) is 29.1 Å². The van der Waals surface area contributed by atoms with Gasteiger partial charge in [-0.25, -0.2) is 4.98 Å². The molecule has 3 aromatic rings. The SMILES string of the molecule is CCn1c([C@H](C)NCC(=O)Nc2ccccc2)nc2ccccc21. The van der Waals surface area contributed by atoms with Crippen LogP contribution in [0.2, 0.25) is 0 Å². The number of anilines is 1. The van der Waals surface area contributed by atoms with Gasteiger partial charge in [0.2, 0.25) is 5.91 Å². The Morgan fingerprint density at radius 2 is 1.83 bits per heavy atom. The minimum absolute atomic E-state index is 0.0149. The number of imidazole rings is 1. The fourth-order valence-electron chi connectivity index (χ4n) is 2.82. The maximum absolute atomic E-state index is 12.1. The van der Waals surface area contributed by atoms with Crippen molar-refractivity contribution in [1.29, 1.82) is 0 Å². The summed E-state index contributed by atoms with van der Waals surface area (Å²) in [6.45, 7) is 5.22. The van der Waals surface area contributed by atoms with Crippen molar-refractivity contribution < 1.29 is 4.79 Å². The Morgan fingerprint density at radius 1 is 1.12 bits per heavy atom. The lowest BCUT2D eigenvalue weighted by Crippen LogP contribution is -2.31. The second-order valence-electron chi connectivity index (χ2n) is 5.72. The van der Waals surface area contributed by atoms with Crippen molar-refractivity contribution in [2.24, 2.45) is 0 Å². The van der Waals surface area contributed by atoms with Gasteiger partial charge in [-0.05, 0) is 38.1 Å². The number of nitrogens with zero attached hydrogens (tertiary/aromatic N) is 2. The fourth-order valence-corrected chi connectivity index (χ4v) is 2.82. The van der Waals surface area contributed by atoms with Crippen LogP contribution in [0.4, 0.5) is 5.69 Å². The Labute approximate surface area is 141 Å². The van der Waals surface area contributed by atoms with Crippen molar-refractivity contribution in [2.45, 2.75) is 26.4 Å². The third kappa shape index (κ3) is 3.46. The molecule has 1 atom stereocenters. The van der Waals surface area contributed by atoms with Gasteiger partial charge in [-0.2, -0.15) is 0 Å². The molecule has 24 heavy (non-hydrogen) atoms. The summed E-state index contributed by atoms with van der Waals surface area (Å²) >= 11 is 0. The van der Waals surface area contributed by atoms with Gasteiger partial charge in [0.15, 0.2) is 0 Å². The molecule has 0 fully saturated rings. The van der Waals surface area contributed by atoms with E-state index in [4.69, 9.17) is 4.98 Å². The fraction of sp³-hybridized carbons (Fsp3) is 0.263. The molecule has 5 heteroatoms. The smallest absolute Gasteiger partial charge is 0.238 e. The Balaban J connectivity index is 1.67. The number of rotatable bonds is 6. The zero-order valence-electron chi connectivity index (χ0n) is 14.0. The average Bonchev–Trinajstić information content (AvgIpc) is 2.99. The Kier molecular flexibility index (Phi) is 4.91. The van der Waals surface area contributed by atoms with Crippen LogP contribution in [0.3, 0.4) is 0 Å². The van der Waals surface area contributed by atoms with Gasteiger partial charge in [0, 0.05) is 12.2 Å². The lowest BCUT2D eigenvalue weighted by molar-refractivity contribution is -0.115. The molecule has 0 aliphatic heterocycles. The molecule has 0 bridgehead atoms. The first-order valence-corrected chi connectivity index (χ1v) is 8.22. The maximum Gasteiger partial charge on any atom is 0.238 e. The first kappa shape index (κ1) is 16.2. The van der Waals surface area contributed by atoms with Crippen LogP contribution in [0.15, 0.2) is 54.6 Å². The third-order valence-corrected chi connectivity index (χ3v) is 4.01. The minimum atomic E-state index is -0.0628. The highest BCUT2D eigenvalue weighted by Crippen LogP contribution is 2.20. The summed E-state index contributed by atoms with van der Waals surface area (Å²) in [6, 6.07) is 17.5. The largest absolute Gasteiger partial charge is 0.327 e. The van der Waals surface area contributed by atoms with Crippen LogP contribution >= 0.6 is 0 Å². The van der Waals surface area contributed by atoms with E-state index in [1.54, 1.807) is 0 Å². The van der Waals surface area contributed by atoms with Gasteiger partial charge in [0.1, 0.15) is 5.82 Å². The molecule has 1 heterocycles. The number of carbonyl (C=O) groups is 1. The number of amides is 1. The van der Waals surface area contributed by atoms with Crippen molar-refractivity contribution in [1.82, 2.24) is 14.9 Å².